The number of hydrogen-bond donors (Lipinski definition) is 1. The maximum atomic E-state index is 12.5. The summed E-state index contributed by atoms with van der Waals surface area (Å²) in [6, 6.07) is 5.81. The predicted molar refractivity (Wildman–Crippen MR) is 91.6 cm³/mol. The van der Waals surface area contributed by atoms with Gasteiger partial charge in [0.1, 0.15) is 5.78 Å². The van der Waals surface area contributed by atoms with Gasteiger partial charge in [-0.05, 0) is 66.5 Å². The summed E-state index contributed by atoms with van der Waals surface area (Å²) < 4.78 is 25.1. The lowest BCUT2D eigenvalue weighted by Crippen LogP contribution is -2.42. The largest absolute Gasteiger partial charge is 0.388 e. The van der Waals surface area contributed by atoms with Crippen LogP contribution in [0.15, 0.2) is 18.2 Å². The lowest BCUT2D eigenvalue weighted by atomic mass is 9.55. The van der Waals surface area contributed by atoms with Crippen molar-refractivity contribution in [1.82, 2.24) is 0 Å². The highest BCUT2D eigenvalue weighted by Crippen LogP contribution is 2.59. The Morgan fingerprint density at radius 3 is 2.80 bits per heavy atom. The first-order valence-corrected chi connectivity index (χ1v) is 9.52. The van der Waals surface area contributed by atoms with Crippen LogP contribution in [0, 0.1) is 17.3 Å². The van der Waals surface area contributed by atoms with Crippen molar-refractivity contribution in [2.24, 2.45) is 17.3 Å². The number of hydrogen-bond acceptors (Lipinski definition) is 2. The summed E-state index contributed by atoms with van der Waals surface area (Å²) in [7, 11) is 0. The van der Waals surface area contributed by atoms with Gasteiger partial charge in [0.05, 0.1) is 6.10 Å². The zero-order valence-corrected chi connectivity index (χ0v) is 14.7. The first kappa shape index (κ1) is 17.1. The first-order valence-electron chi connectivity index (χ1n) is 9.52. The molecule has 0 radical (unpaired) electrons. The molecule has 0 aromatic heterocycles. The van der Waals surface area contributed by atoms with Crippen molar-refractivity contribution in [3.05, 3.63) is 34.9 Å². The molecule has 0 spiro atoms. The molecule has 2 fully saturated rings. The lowest BCUT2D eigenvalue weighted by Gasteiger charge is -2.48. The van der Waals surface area contributed by atoms with Crippen LogP contribution in [0.2, 0.25) is 0 Å². The Bertz CT molecular complexity index is 686. The van der Waals surface area contributed by atoms with E-state index in [4.69, 9.17) is 0 Å². The molecule has 1 aromatic carbocycles. The maximum Gasteiger partial charge on any atom is 0.241 e. The van der Waals surface area contributed by atoms with Gasteiger partial charge in [-0.25, -0.2) is 8.78 Å². The van der Waals surface area contributed by atoms with Gasteiger partial charge in [-0.2, -0.15) is 0 Å². The number of alkyl halides is 2. The number of fused-ring (bicyclic) bond motifs is 5. The highest BCUT2D eigenvalue weighted by Gasteiger charge is 2.54. The maximum absolute atomic E-state index is 12.5. The van der Waals surface area contributed by atoms with Crippen LogP contribution in [0.1, 0.15) is 74.2 Å². The van der Waals surface area contributed by atoms with Crippen LogP contribution in [-0.2, 0) is 11.2 Å². The Morgan fingerprint density at radius 1 is 1.24 bits per heavy atom. The van der Waals surface area contributed by atoms with E-state index >= 15 is 0 Å². The SMILES string of the molecule is C[C@]12CC[C@@H]3c4ccc(C(O)CC(F)F)cc4CC[C@H]3[C@@H]1CCC2=O. The third-order valence-electron chi connectivity index (χ3n) is 7.25. The minimum absolute atomic E-state index is 0.119. The van der Waals surface area contributed by atoms with E-state index in [9.17, 15) is 18.7 Å². The van der Waals surface area contributed by atoms with E-state index in [0.29, 0.717) is 29.1 Å². The molecule has 3 aliphatic carbocycles. The van der Waals surface area contributed by atoms with Crippen molar-refractivity contribution >= 4 is 5.78 Å². The third-order valence-corrected chi connectivity index (χ3v) is 7.25. The molecule has 2 saturated carbocycles. The number of halogens is 2. The van der Waals surface area contributed by atoms with Gasteiger partial charge >= 0.3 is 0 Å². The van der Waals surface area contributed by atoms with Crippen molar-refractivity contribution < 1.29 is 18.7 Å². The van der Waals surface area contributed by atoms with Crippen LogP contribution in [0.3, 0.4) is 0 Å². The smallest absolute Gasteiger partial charge is 0.241 e. The van der Waals surface area contributed by atoms with Crippen LogP contribution in [0.5, 0.6) is 0 Å². The second-order valence-corrected chi connectivity index (χ2v) is 8.43. The normalized spacial score (nSPS) is 35.2. The predicted octanol–water partition coefficient (Wildman–Crippen LogP) is 4.80. The number of aliphatic hydroxyl groups excluding tert-OH is 1. The fraction of sp³-hybridized carbons (Fsp3) is 0.667. The van der Waals surface area contributed by atoms with E-state index in [1.165, 1.54) is 11.1 Å². The quantitative estimate of drug-likeness (QED) is 0.852. The van der Waals surface area contributed by atoms with Gasteiger partial charge in [0.2, 0.25) is 6.43 Å². The number of carbonyl (C=O) groups is 1. The van der Waals surface area contributed by atoms with Gasteiger partial charge in [-0.1, -0.05) is 25.1 Å². The fourth-order valence-corrected chi connectivity index (χ4v) is 5.89. The van der Waals surface area contributed by atoms with E-state index in [1.807, 2.05) is 12.1 Å². The minimum atomic E-state index is -2.49. The number of carbonyl (C=O) groups excluding carboxylic acids is 1. The summed E-state index contributed by atoms with van der Waals surface area (Å²) in [4.78, 5) is 12.4. The monoisotopic (exact) mass is 348 g/mol. The minimum Gasteiger partial charge on any atom is -0.388 e. The average Bonchev–Trinajstić information content (AvgIpc) is 2.89. The van der Waals surface area contributed by atoms with Gasteiger partial charge in [0.25, 0.3) is 0 Å². The second-order valence-electron chi connectivity index (χ2n) is 8.43. The van der Waals surface area contributed by atoms with E-state index in [-0.39, 0.29) is 5.41 Å². The van der Waals surface area contributed by atoms with Crippen LogP contribution < -0.4 is 0 Å². The number of aryl methyl sites for hydroxylation is 1. The molecule has 1 unspecified atom stereocenters. The highest BCUT2D eigenvalue weighted by atomic mass is 19.3. The molecule has 25 heavy (non-hydrogen) atoms. The van der Waals surface area contributed by atoms with Gasteiger partial charge in [-0.3, -0.25) is 4.79 Å². The molecule has 0 heterocycles. The van der Waals surface area contributed by atoms with Crippen molar-refractivity contribution in [1.29, 1.82) is 0 Å². The molecule has 0 aliphatic heterocycles. The van der Waals surface area contributed by atoms with Gasteiger partial charge in [0, 0.05) is 18.3 Å². The van der Waals surface area contributed by atoms with E-state index < -0.39 is 19.0 Å². The van der Waals surface area contributed by atoms with Crippen LogP contribution >= 0.6 is 0 Å². The van der Waals surface area contributed by atoms with E-state index in [2.05, 4.69) is 13.0 Å². The van der Waals surface area contributed by atoms with Crippen molar-refractivity contribution in [2.45, 2.75) is 70.3 Å². The number of Topliss-reactive ketones (excluding diaryl/α,β-unsaturated/α-hetero) is 1. The van der Waals surface area contributed by atoms with Crippen LogP contribution in [-0.4, -0.2) is 17.3 Å². The summed E-state index contributed by atoms with van der Waals surface area (Å²) in [6.45, 7) is 2.17. The highest BCUT2D eigenvalue weighted by molar-refractivity contribution is 5.87. The summed E-state index contributed by atoms with van der Waals surface area (Å²) in [5.41, 5.74) is 3.02. The van der Waals surface area contributed by atoms with Gasteiger partial charge in [-0.15, -0.1) is 0 Å². The van der Waals surface area contributed by atoms with Gasteiger partial charge in [0.15, 0.2) is 0 Å². The zero-order chi connectivity index (χ0) is 17.8. The van der Waals surface area contributed by atoms with Crippen LogP contribution in [0.4, 0.5) is 8.78 Å². The molecule has 136 valence electrons. The Morgan fingerprint density at radius 2 is 2.04 bits per heavy atom. The molecule has 0 amide bonds. The van der Waals surface area contributed by atoms with Gasteiger partial charge < -0.3 is 5.11 Å². The number of rotatable bonds is 3. The second kappa shape index (κ2) is 6.15. The molecular weight excluding hydrogens is 322 g/mol. The average molecular weight is 348 g/mol. The summed E-state index contributed by atoms with van der Waals surface area (Å²) in [6.07, 6.45) is 1.66. The molecule has 4 rings (SSSR count). The summed E-state index contributed by atoms with van der Waals surface area (Å²) >= 11 is 0. The molecule has 1 N–H and O–H groups in total. The van der Waals surface area contributed by atoms with Crippen LogP contribution in [0.25, 0.3) is 0 Å². The number of aliphatic hydroxyl groups is 1. The van der Waals surface area contributed by atoms with Crippen molar-refractivity contribution in [2.75, 3.05) is 0 Å². The topological polar surface area (TPSA) is 37.3 Å². The molecule has 5 atom stereocenters. The molecule has 1 aromatic rings. The third kappa shape index (κ3) is 2.73. The standard InChI is InChI=1S/C21H26F2O2/c1-21-9-8-15-14-4-3-13(18(24)11-20(22)23)10-12(14)2-5-16(15)17(21)6-7-19(21)25/h3-4,10,15-18,20,24H,2,5-9,11H2,1H3/t15-,16-,17+,18?,21+/m1/s1. The van der Waals surface area contributed by atoms with E-state index in [0.717, 1.165) is 38.5 Å². The van der Waals surface area contributed by atoms with E-state index in [1.54, 1.807) is 0 Å². The molecule has 2 nitrogen and oxygen atoms in total. The van der Waals surface area contributed by atoms with Crippen molar-refractivity contribution in [3.63, 3.8) is 0 Å². The Hall–Kier alpha value is -1.29. The van der Waals surface area contributed by atoms with Crippen molar-refractivity contribution in [3.8, 4) is 0 Å². The Labute approximate surface area is 147 Å². The molecule has 3 aliphatic rings. The fourth-order valence-electron chi connectivity index (χ4n) is 5.89. The molecule has 0 saturated heterocycles. The number of benzene rings is 1. The Balaban J connectivity index is 1.60. The lowest BCUT2D eigenvalue weighted by molar-refractivity contribution is -0.129. The summed E-state index contributed by atoms with van der Waals surface area (Å²) in [5, 5.41) is 9.99. The number of ketones is 1. The molecule has 4 heteroatoms. The molecular formula is C21H26F2O2. The first-order chi connectivity index (χ1) is 11.9. The summed E-state index contributed by atoms with van der Waals surface area (Å²) in [5.74, 6) is 1.99. The Kier molecular flexibility index (Phi) is 4.22. The zero-order valence-electron chi connectivity index (χ0n) is 14.7. The molecule has 0 bridgehead atoms.